The Morgan fingerprint density at radius 3 is 2.33 bits per heavy atom. The van der Waals surface area contributed by atoms with Gasteiger partial charge in [-0.05, 0) is 28.9 Å². The number of carbonyl (C=O) groups excluding carboxylic acids is 2. The second-order valence-corrected chi connectivity index (χ2v) is 7.86. The second-order valence-electron chi connectivity index (χ2n) is 5.98. The van der Waals surface area contributed by atoms with Crippen molar-refractivity contribution in [3.05, 3.63) is 25.9 Å². The van der Waals surface area contributed by atoms with Crippen molar-refractivity contribution in [1.29, 1.82) is 0 Å². The summed E-state index contributed by atoms with van der Waals surface area (Å²) in [5.74, 6) is -1.06. The fourth-order valence-electron chi connectivity index (χ4n) is 3.03. The van der Waals surface area contributed by atoms with Gasteiger partial charge in [-0.25, -0.2) is 4.98 Å². The van der Waals surface area contributed by atoms with Crippen molar-refractivity contribution in [2.75, 3.05) is 0 Å². The molecule has 1 aliphatic rings. The Labute approximate surface area is 177 Å². The molecule has 1 saturated heterocycles. The summed E-state index contributed by atoms with van der Waals surface area (Å²) in [6.07, 6.45) is -3.06. The molecule has 4 atom stereocenters. The quantitative estimate of drug-likeness (QED) is 0.455. The van der Waals surface area contributed by atoms with Gasteiger partial charge in [-0.2, -0.15) is 0 Å². The largest absolute Gasteiger partial charge is 0.456 e. The number of esters is 2. The first kappa shape index (κ1) is 20.7. The predicted molar refractivity (Wildman–Crippen MR) is 103 cm³/mol. The monoisotopic (exact) mass is 498 g/mol. The highest BCUT2D eigenvalue weighted by Gasteiger charge is 2.49. The van der Waals surface area contributed by atoms with E-state index in [2.05, 4.69) is 20.9 Å². The van der Waals surface area contributed by atoms with Crippen LogP contribution < -0.4 is 0 Å². The Kier molecular flexibility index (Phi) is 5.93. The molecule has 0 unspecified atom stereocenters. The number of benzene rings is 1. The van der Waals surface area contributed by atoms with Crippen molar-refractivity contribution in [3.63, 3.8) is 0 Å². The number of hydrogen-bond acceptors (Lipinski definition) is 6. The first-order valence-corrected chi connectivity index (χ1v) is 9.75. The molecule has 3 rings (SSSR count). The summed E-state index contributed by atoms with van der Waals surface area (Å²) in [7, 11) is 0. The molecule has 2 aromatic rings. The molecule has 0 aliphatic carbocycles. The Bertz CT molecular complexity index is 935. The van der Waals surface area contributed by atoms with E-state index in [1.165, 1.54) is 13.8 Å². The van der Waals surface area contributed by atoms with E-state index in [9.17, 15) is 9.59 Å². The lowest BCUT2D eigenvalue weighted by Crippen LogP contribution is -2.38. The van der Waals surface area contributed by atoms with Gasteiger partial charge in [-0.1, -0.05) is 34.8 Å². The van der Waals surface area contributed by atoms with Gasteiger partial charge in [0.1, 0.15) is 5.52 Å². The molecule has 0 N–H and O–H groups in total. The van der Waals surface area contributed by atoms with Gasteiger partial charge in [0.15, 0.2) is 23.2 Å². The lowest BCUT2D eigenvalue weighted by molar-refractivity contribution is -0.165. The maximum atomic E-state index is 11.6. The van der Waals surface area contributed by atoms with E-state index < -0.39 is 36.5 Å². The Morgan fingerprint density at radius 2 is 1.74 bits per heavy atom. The average molecular weight is 501 g/mol. The van der Waals surface area contributed by atoms with Crippen LogP contribution in [0.5, 0.6) is 0 Å². The van der Waals surface area contributed by atoms with E-state index in [0.717, 1.165) is 0 Å². The molecule has 0 bridgehead atoms. The van der Waals surface area contributed by atoms with Gasteiger partial charge in [0.2, 0.25) is 0 Å². The maximum Gasteiger partial charge on any atom is 0.303 e. The predicted octanol–water partition coefficient (Wildman–Crippen LogP) is 4.54. The van der Waals surface area contributed by atoms with E-state index in [-0.39, 0.29) is 15.1 Å². The maximum absolute atomic E-state index is 11.6. The third-order valence-electron chi connectivity index (χ3n) is 4.06. The summed E-state index contributed by atoms with van der Waals surface area (Å²) in [5, 5.41) is 0.595. The summed E-state index contributed by atoms with van der Waals surface area (Å²) in [6, 6.07) is 1.58. The lowest BCUT2D eigenvalue weighted by atomic mass is 10.1. The zero-order chi connectivity index (χ0) is 20.0. The summed E-state index contributed by atoms with van der Waals surface area (Å²) in [6.45, 7) is 4.25. The number of nitrogens with zero attached hydrogens (tertiary/aromatic N) is 2. The third-order valence-corrected chi connectivity index (χ3v) is 5.87. The average Bonchev–Trinajstić information content (AvgIpc) is 3.03. The zero-order valence-corrected chi connectivity index (χ0v) is 18.2. The number of halogens is 4. The van der Waals surface area contributed by atoms with Crippen LogP contribution in [-0.2, 0) is 23.8 Å². The Balaban J connectivity index is 2.15. The normalized spacial score (nSPS) is 25.0. The second kappa shape index (κ2) is 7.75. The van der Waals surface area contributed by atoms with Crippen LogP contribution in [0.2, 0.25) is 15.1 Å². The molecule has 27 heavy (non-hydrogen) atoms. The van der Waals surface area contributed by atoms with Crippen LogP contribution in [0.4, 0.5) is 0 Å². The zero-order valence-electron chi connectivity index (χ0n) is 14.3. The first-order valence-electron chi connectivity index (χ1n) is 7.82. The van der Waals surface area contributed by atoms with Crippen molar-refractivity contribution >= 4 is 73.7 Å². The summed E-state index contributed by atoms with van der Waals surface area (Å²) in [4.78, 5) is 27.5. The number of ether oxygens (including phenoxy) is 3. The molecule has 1 fully saturated rings. The van der Waals surface area contributed by atoms with Gasteiger partial charge in [0.25, 0.3) is 0 Å². The highest BCUT2D eigenvalue weighted by atomic mass is 79.9. The van der Waals surface area contributed by atoms with Crippen LogP contribution in [0.25, 0.3) is 11.0 Å². The molecule has 0 amide bonds. The van der Waals surface area contributed by atoms with Gasteiger partial charge in [-0.15, -0.1) is 0 Å². The van der Waals surface area contributed by atoms with Gasteiger partial charge in [0, 0.05) is 13.8 Å². The molecule has 11 heteroatoms. The highest BCUT2D eigenvalue weighted by molar-refractivity contribution is 9.10. The topological polar surface area (TPSA) is 79.6 Å². The van der Waals surface area contributed by atoms with Crippen LogP contribution in [0, 0.1) is 0 Å². The number of rotatable bonds is 3. The van der Waals surface area contributed by atoms with Crippen LogP contribution in [0.3, 0.4) is 0 Å². The summed E-state index contributed by atoms with van der Waals surface area (Å²) < 4.78 is 18.7. The number of hydrogen-bond donors (Lipinski definition) is 0. The van der Waals surface area contributed by atoms with Gasteiger partial charge >= 0.3 is 11.9 Å². The molecule has 146 valence electrons. The van der Waals surface area contributed by atoms with E-state index >= 15 is 0 Å². The van der Waals surface area contributed by atoms with Crippen molar-refractivity contribution in [1.82, 2.24) is 9.55 Å². The van der Waals surface area contributed by atoms with Crippen molar-refractivity contribution < 1.29 is 23.8 Å². The summed E-state index contributed by atoms with van der Waals surface area (Å²) >= 11 is 21.9. The van der Waals surface area contributed by atoms with Crippen LogP contribution in [0.15, 0.2) is 10.8 Å². The molecule has 0 radical (unpaired) electrons. The van der Waals surface area contributed by atoms with E-state index in [1.54, 1.807) is 17.6 Å². The smallest absolute Gasteiger partial charge is 0.303 e. The third kappa shape index (κ3) is 3.78. The molecular formula is C16H14BrCl3N2O5. The minimum atomic E-state index is -0.900. The van der Waals surface area contributed by atoms with Crippen molar-refractivity contribution in [2.24, 2.45) is 0 Å². The first-order chi connectivity index (χ1) is 12.6. The molecule has 7 nitrogen and oxygen atoms in total. The Hall–Kier alpha value is -1.06. The number of fused-ring (bicyclic) bond motifs is 1. The minimum Gasteiger partial charge on any atom is -0.456 e. The van der Waals surface area contributed by atoms with Gasteiger partial charge in [0.05, 0.1) is 26.7 Å². The molecule has 1 aromatic carbocycles. The fourth-order valence-corrected chi connectivity index (χ4v) is 4.24. The fraction of sp³-hybridized carbons (Fsp3) is 0.438. The van der Waals surface area contributed by atoms with Crippen LogP contribution >= 0.6 is 50.7 Å². The standard InChI is InChI=1S/C16H14BrCl3N2O5/c1-5-13(26-6(2)23)14(27-7(3)24)15(25-5)22-9-4-8(18)10(19)11(20)12(9)21-16(22)17/h4-5,13-15H,1-3H3/t5-,13-,14-,15-/m1/s1. The van der Waals surface area contributed by atoms with E-state index in [4.69, 9.17) is 49.0 Å². The van der Waals surface area contributed by atoms with Crippen molar-refractivity contribution in [2.45, 2.75) is 45.3 Å². The van der Waals surface area contributed by atoms with Crippen LogP contribution in [-0.4, -0.2) is 39.8 Å². The molecule has 2 heterocycles. The SMILES string of the molecule is CC(=O)O[C@@H]1[C@H](OC(C)=O)[C@@H](C)O[C@H]1n1c(Br)nc2c(Cl)c(Cl)c(Cl)cc21. The van der Waals surface area contributed by atoms with E-state index in [1.807, 2.05) is 0 Å². The molecule has 0 spiro atoms. The Morgan fingerprint density at radius 1 is 1.15 bits per heavy atom. The molecule has 1 aromatic heterocycles. The number of carbonyl (C=O) groups is 2. The van der Waals surface area contributed by atoms with Gasteiger partial charge < -0.3 is 14.2 Å². The minimum absolute atomic E-state index is 0.179. The lowest BCUT2D eigenvalue weighted by Gasteiger charge is -2.24. The molecule has 0 saturated carbocycles. The molecular weight excluding hydrogens is 486 g/mol. The number of aromatic nitrogens is 2. The van der Waals surface area contributed by atoms with Crippen molar-refractivity contribution in [3.8, 4) is 0 Å². The summed E-state index contributed by atoms with van der Waals surface area (Å²) in [5.41, 5.74) is 0.908. The van der Waals surface area contributed by atoms with Gasteiger partial charge in [-0.3, -0.25) is 14.2 Å². The molecule has 1 aliphatic heterocycles. The number of imidazole rings is 1. The van der Waals surface area contributed by atoms with E-state index in [0.29, 0.717) is 15.8 Å². The highest BCUT2D eigenvalue weighted by Crippen LogP contribution is 2.42. The van der Waals surface area contributed by atoms with Crippen LogP contribution in [0.1, 0.15) is 27.0 Å².